The second kappa shape index (κ2) is 8.79. The number of unbranched alkanes of at least 4 members (excludes halogenated alkanes) is 1. The van der Waals surface area contributed by atoms with E-state index in [2.05, 4.69) is 38.2 Å². The molecule has 0 fully saturated rings. The highest BCUT2D eigenvalue weighted by Gasteiger charge is 1.97. The number of rotatable bonds is 7. The lowest BCUT2D eigenvalue weighted by atomic mass is 10.2. The van der Waals surface area contributed by atoms with E-state index in [1.54, 1.807) is 0 Å². The second-order valence-corrected chi connectivity index (χ2v) is 4.62. The third-order valence-electron chi connectivity index (χ3n) is 1.80. The van der Waals surface area contributed by atoms with Crippen molar-refractivity contribution in [3.63, 3.8) is 0 Å². The molecule has 0 aromatic carbocycles. The van der Waals surface area contributed by atoms with Crippen LogP contribution < -0.4 is 0 Å². The first-order chi connectivity index (χ1) is 5.31. The molecule has 2 heteroatoms. The second-order valence-electron chi connectivity index (χ2n) is 3.02. The van der Waals surface area contributed by atoms with Crippen LogP contribution in [0.15, 0.2) is 0 Å². The minimum absolute atomic E-state index is 0.899. The van der Waals surface area contributed by atoms with Crippen LogP contribution in [0.4, 0.5) is 0 Å². The zero-order valence-corrected chi connectivity index (χ0v) is 9.39. The van der Waals surface area contributed by atoms with Crippen molar-refractivity contribution in [1.29, 1.82) is 0 Å². The zero-order chi connectivity index (χ0) is 8.53. The van der Waals surface area contributed by atoms with Crippen molar-refractivity contribution in [1.82, 2.24) is 0 Å². The largest absolute Gasteiger partial charge is 0.179 e. The fourth-order valence-corrected chi connectivity index (χ4v) is 2.15. The van der Waals surface area contributed by atoms with Gasteiger partial charge >= 0.3 is 0 Å². The standard InChI is InChI=1S/C9H20S2/c1-3-9(2)8-11-7-5-4-6-10/h9-10H,3-8H2,1-2H3. The summed E-state index contributed by atoms with van der Waals surface area (Å²) in [5, 5.41) is 0. The molecule has 0 aliphatic carbocycles. The molecule has 0 spiro atoms. The van der Waals surface area contributed by atoms with Crippen molar-refractivity contribution < 1.29 is 0 Å². The number of hydrogen-bond acceptors (Lipinski definition) is 2. The van der Waals surface area contributed by atoms with Gasteiger partial charge in [-0.15, -0.1) is 0 Å². The van der Waals surface area contributed by atoms with Crippen LogP contribution >= 0.6 is 24.4 Å². The highest BCUT2D eigenvalue weighted by Crippen LogP contribution is 2.12. The average Bonchev–Trinajstić information content (AvgIpc) is 2.04. The molecule has 11 heavy (non-hydrogen) atoms. The fourth-order valence-electron chi connectivity index (χ4n) is 0.718. The van der Waals surface area contributed by atoms with Crippen molar-refractivity contribution >= 4 is 24.4 Å². The molecule has 0 heterocycles. The summed E-state index contributed by atoms with van der Waals surface area (Å²) >= 11 is 6.26. The molecule has 1 atom stereocenters. The molecule has 0 radical (unpaired) electrons. The number of hydrogen-bond donors (Lipinski definition) is 1. The molecule has 0 rings (SSSR count). The van der Waals surface area contributed by atoms with E-state index < -0.39 is 0 Å². The molecular weight excluding hydrogens is 172 g/mol. The summed E-state index contributed by atoms with van der Waals surface area (Å²) in [6.07, 6.45) is 3.93. The van der Waals surface area contributed by atoms with E-state index in [4.69, 9.17) is 0 Å². The predicted octanol–water partition coefficient (Wildman–Crippen LogP) is 3.48. The van der Waals surface area contributed by atoms with Crippen LogP contribution in [0.25, 0.3) is 0 Å². The zero-order valence-electron chi connectivity index (χ0n) is 7.68. The molecular formula is C9H20S2. The number of thiol groups is 1. The van der Waals surface area contributed by atoms with E-state index in [1.165, 1.54) is 30.8 Å². The summed E-state index contributed by atoms with van der Waals surface area (Å²) < 4.78 is 0. The Morgan fingerprint density at radius 1 is 1.36 bits per heavy atom. The first-order valence-corrected chi connectivity index (χ1v) is 6.28. The van der Waals surface area contributed by atoms with Crippen molar-refractivity contribution in [3.05, 3.63) is 0 Å². The Labute approximate surface area is 80.9 Å². The van der Waals surface area contributed by atoms with Gasteiger partial charge in [-0.3, -0.25) is 0 Å². The minimum atomic E-state index is 0.899. The maximum Gasteiger partial charge on any atom is -0.00419 e. The molecule has 0 saturated carbocycles. The van der Waals surface area contributed by atoms with Crippen molar-refractivity contribution in [2.75, 3.05) is 17.3 Å². The van der Waals surface area contributed by atoms with Crippen molar-refractivity contribution in [2.45, 2.75) is 33.1 Å². The number of thioether (sulfide) groups is 1. The van der Waals surface area contributed by atoms with Gasteiger partial charge in [-0.25, -0.2) is 0 Å². The van der Waals surface area contributed by atoms with E-state index in [0.717, 1.165) is 11.7 Å². The summed E-state index contributed by atoms with van der Waals surface area (Å²) in [5.74, 6) is 4.61. The fraction of sp³-hybridized carbons (Fsp3) is 1.00. The topological polar surface area (TPSA) is 0 Å². The van der Waals surface area contributed by atoms with Gasteiger partial charge in [0.05, 0.1) is 0 Å². The molecule has 0 saturated heterocycles. The molecule has 0 aromatic heterocycles. The summed E-state index contributed by atoms with van der Waals surface area (Å²) in [4.78, 5) is 0. The molecule has 0 aliphatic rings. The van der Waals surface area contributed by atoms with Gasteiger partial charge in [0.25, 0.3) is 0 Å². The molecule has 0 amide bonds. The van der Waals surface area contributed by atoms with Crippen LogP contribution in [-0.4, -0.2) is 17.3 Å². The minimum Gasteiger partial charge on any atom is -0.179 e. The molecule has 0 nitrogen and oxygen atoms in total. The first-order valence-electron chi connectivity index (χ1n) is 4.49. The van der Waals surface area contributed by atoms with Crippen molar-refractivity contribution in [2.24, 2.45) is 5.92 Å². The van der Waals surface area contributed by atoms with Crippen LogP contribution in [-0.2, 0) is 0 Å². The smallest absolute Gasteiger partial charge is 0.00419 e. The lowest BCUT2D eigenvalue weighted by Gasteiger charge is -2.06. The van der Waals surface area contributed by atoms with Crippen molar-refractivity contribution in [3.8, 4) is 0 Å². The van der Waals surface area contributed by atoms with Gasteiger partial charge in [-0.1, -0.05) is 20.3 Å². The van der Waals surface area contributed by atoms with E-state index >= 15 is 0 Å². The molecule has 0 bridgehead atoms. The Balaban J connectivity index is 2.89. The van der Waals surface area contributed by atoms with E-state index in [9.17, 15) is 0 Å². The van der Waals surface area contributed by atoms with Gasteiger partial charge in [0.1, 0.15) is 0 Å². The molecule has 0 aliphatic heterocycles. The normalized spacial score (nSPS) is 13.4. The quantitative estimate of drug-likeness (QED) is 0.476. The third-order valence-corrected chi connectivity index (χ3v) is 3.49. The summed E-state index contributed by atoms with van der Waals surface area (Å²) in [5.41, 5.74) is 0. The highest BCUT2D eigenvalue weighted by molar-refractivity contribution is 7.99. The monoisotopic (exact) mass is 192 g/mol. The van der Waals surface area contributed by atoms with Gasteiger partial charge in [0.2, 0.25) is 0 Å². The summed E-state index contributed by atoms with van der Waals surface area (Å²) in [6, 6.07) is 0. The maximum atomic E-state index is 4.17. The SMILES string of the molecule is CCC(C)CSCCCCS. The Morgan fingerprint density at radius 2 is 2.09 bits per heavy atom. The Morgan fingerprint density at radius 3 is 2.64 bits per heavy atom. The average molecular weight is 192 g/mol. The van der Waals surface area contributed by atoms with Gasteiger partial charge in [0, 0.05) is 0 Å². The summed E-state index contributed by atoms with van der Waals surface area (Å²) in [7, 11) is 0. The van der Waals surface area contributed by atoms with Crippen LogP contribution in [0.2, 0.25) is 0 Å². The van der Waals surface area contributed by atoms with E-state index in [-0.39, 0.29) is 0 Å². The van der Waals surface area contributed by atoms with Gasteiger partial charge in [-0.05, 0) is 36.0 Å². The Hall–Kier alpha value is 0.700. The van der Waals surface area contributed by atoms with E-state index in [1.807, 2.05) is 0 Å². The van der Waals surface area contributed by atoms with E-state index in [0.29, 0.717) is 0 Å². The molecule has 0 N–H and O–H groups in total. The van der Waals surface area contributed by atoms with Crippen LogP contribution in [0.1, 0.15) is 33.1 Å². The van der Waals surface area contributed by atoms with Crippen LogP contribution in [0.3, 0.4) is 0 Å². The van der Waals surface area contributed by atoms with Gasteiger partial charge in [0.15, 0.2) is 0 Å². The van der Waals surface area contributed by atoms with Crippen LogP contribution in [0.5, 0.6) is 0 Å². The molecule has 0 aromatic rings. The molecule has 1 unspecified atom stereocenters. The predicted molar refractivity (Wildman–Crippen MR) is 59.9 cm³/mol. The Bertz CT molecular complexity index is 74.0. The Kier molecular flexibility index (Phi) is 9.35. The lowest BCUT2D eigenvalue weighted by Crippen LogP contribution is -1.96. The van der Waals surface area contributed by atoms with Crippen LogP contribution in [0, 0.1) is 5.92 Å². The maximum absolute atomic E-state index is 4.17. The molecule has 68 valence electrons. The highest BCUT2D eigenvalue weighted by atomic mass is 32.2. The van der Waals surface area contributed by atoms with Gasteiger partial charge in [-0.2, -0.15) is 24.4 Å². The lowest BCUT2D eigenvalue weighted by molar-refractivity contribution is 0.636. The summed E-state index contributed by atoms with van der Waals surface area (Å²) in [6.45, 7) is 4.59. The third kappa shape index (κ3) is 8.61. The first kappa shape index (κ1) is 11.7. The van der Waals surface area contributed by atoms with Gasteiger partial charge < -0.3 is 0 Å².